The maximum Gasteiger partial charge on any atom is 0.212 e. The number of pyridine rings is 1. The highest BCUT2D eigenvalue weighted by Gasteiger charge is 2.01. The van der Waals surface area contributed by atoms with Crippen molar-refractivity contribution in [1.82, 2.24) is 4.98 Å². The number of hydrogen-bond donors (Lipinski definition) is 1. The molecule has 3 nitrogen and oxygen atoms in total. The van der Waals surface area contributed by atoms with Crippen LogP contribution in [0.1, 0.15) is 5.56 Å². The van der Waals surface area contributed by atoms with E-state index in [1.54, 1.807) is 13.2 Å². The third-order valence-electron chi connectivity index (χ3n) is 1.21. The average molecular weight is 174 g/mol. The lowest BCUT2D eigenvalue weighted by Gasteiger charge is -2.00. The van der Waals surface area contributed by atoms with Crippen LogP contribution in [0, 0.1) is 0 Å². The maximum atomic E-state index is 8.87. The molecule has 0 amide bonds. The number of halogens is 1. The van der Waals surface area contributed by atoms with Crippen LogP contribution in [-0.4, -0.2) is 17.2 Å². The van der Waals surface area contributed by atoms with E-state index in [4.69, 9.17) is 21.4 Å². The zero-order chi connectivity index (χ0) is 8.27. The van der Waals surface area contributed by atoms with Gasteiger partial charge in [-0.2, -0.15) is 0 Å². The van der Waals surface area contributed by atoms with Gasteiger partial charge >= 0.3 is 0 Å². The summed E-state index contributed by atoms with van der Waals surface area (Å²) < 4.78 is 4.84. The van der Waals surface area contributed by atoms with E-state index < -0.39 is 0 Å². The Labute approximate surface area is 69.6 Å². The van der Waals surface area contributed by atoms with Crippen molar-refractivity contribution in [2.24, 2.45) is 0 Å². The Hall–Kier alpha value is -0.800. The van der Waals surface area contributed by atoms with Gasteiger partial charge in [0.05, 0.1) is 6.61 Å². The summed E-state index contributed by atoms with van der Waals surface area (Å²) >= 11 is 5.66. The molecule has 0 fully saturated rings. The summed E-state index contributed by atoms with van der Waals surface area (Å²) in [5, 5.41) is 9.15. The number of hydrogen-bond acceptors (Lipinski definition) is 3. The molecule has 1 heterocycles. The lowest BCUT2D eigenvalue weighted by Crippen LogP contribution is -1.90. The first kappa shape index (κ1) is 8.30. The van der Waals surface area contributed by atoms with Crippen LogP contribution >= 0.6 is 11.6 Å². The number of aromatic hydroxyl groups is 1. The first-order valence-corrected chi connectivity index (χ1v) is 3.45. The monoisotopic (exact) mass is 173 g/mol. The molecular weight excluding hydrogens is 166 g/mol. The highest BCUT2D eigenvalue weighted by Crippen LogP contribution is 2.17. The van der Waals surface area contributed by atoms with Crippen molar-refractivity contribution in [1.29, 1.82) is 0 Å². The number of aromatic nitrogens is 1. The molecule has 11 heavy (non-hydrogen) atoms. The summed E-state index contributed by atoms with van der Waals surface area (Å²) in [5.41, 5.74) is 0.770. The zero-order valence-corrected chi connectivity index (χ0v) is 6.80. The van der Waals surface area contributed by atoms with E-state index in [1.165, 1.54) is 6.07 Å². The standard InChI is InChI=1S/C7H8ClNO2/c1-11-4-5-2-3-6(10)9-7(5)8/h2-3H,4H2,1H3,(H,9,10). The normalized spacial score (nSPS) is 10.0. The summed E-state index contributed by atoms with van der Waals surface area (Å²) in [6.07, 6.45) is 0. The SMILES string of the molecule is COCc1ccc(O)nc1Cl. The number of ether oxygens (including phenoxy) is 1. The third-order valence-corrected chi connectivity index (χ3v) is 1.54. The van der Waals surface area contributed by atoms with Gasteiger partial charge in [-0.15, -0.1) is 0 Å². The van der Waals surface area contributed by atoms with Crippen molar-refractivity contribution in [3.8, 4) is 5.88 Å². The minimum Gasteiger partial charge on any atom is -0.493 e. The first-order chi connectivity index (χ1) is 5.24. The van der Waals surface area contributed by atoms with Crippen LogP contribution in [-0.2, 0) is 11.3 Å². The molecule has 0 atom stereocenters. The number of nitrogens with zero attached hydrogens (tertiary/aromatic N) is 1. The van der Waals surface area contributed by atoms with Crippen LogP contribution in [0.5, 0.6) is 5.88 Å². The molecule has 0 saturated carbocycles. The van der Waals surface area contributed by atoms with Gasteiger partial charge in [0, 0.05) is 18.7 Å². The van der Waals surface area contributed by atoms with Crippen LogP contribution in [0.25, 0.3) is 0 Å². The van der Waals surface area contributed by atoms with E-state index >= 15 is 0 Å². The van der Waals surface area contributed by atoms with E-state index in [1.807, 2.05) is 0 Å². The van der Waals surface area contributed by atoms with Crippen molar-refractivity contribution in [2.45, 2.75) is 6.61 Å². The summed E-state index contributed by atoms with van der Waals surface area (Å²) in [6, 6.07) is 3.15. The topological polar surface area (TPSA) is 42.4 Å². The van der Waals surface area contributed by atoms with Crippen LogP contribution in [0.3, 0.4) is 0 Å². The predicted molar refractivity (Wildman–Crippen MR) is 41.6 cm³/mol. The van der Waals surface area contributed by atoms with E-state index in [2.05, 4.69) is 4.98 Å². The van der Waals surface area contributed by atoms with E-state index in [-0.39, 0.29) is 11.0 Å². The molecular formula is C7H8ClNO2. The largest absolute Gasteiger partial charge is 0.493 e. The molecule has 0 aromatic carbocycles. The lowest BCUT2D eigenvalue weighted by molar-refractivity contribution is 0.184. The van der Waals surface area contributed by atoms with Gasteiger partial charge in [-0.1, -0.05) is 11.6 Å². The fourth-order valence-electron chi connectivity index (χ4n) is 0.717. The molecule has 1 aromatic heterocycles. The van der Waals surface area contributed by atoms with Gasteiger partial charge in [-0.25, -0.2) is 4.98 Å². The second-order valence-electron chi connectivity index (χ2n) is 2.05. The van der Waals surface area contributed by atoms with Gasteiger partial charge in [-0.3, -0.25) is 0 Å². The molecule has 0 radical (unpaired) electrons. The summed E-state index contributed by atoms with van der Waals surface area (Å²) in [4.78, 5) is 3.63. The first-order valence-electron chi connectivity index (χ1n) is 3.07. The van der Waals surface area contributed by atoms with Gasteiger partial charge in [0.1, 0.15) is 5.15 Å². The van der Waals surface area contributed by atoms with E-state index in [0.717, 1.165) is 5.56 Å². The minimum absolute atomic E-state index is 0.0742. The molecule has 0 bridgehead atoms. The summed E-state index contributed by atoms with van der Waals surface area (Å²) in [5.74, 6) is -0.0742. The molecule has 0 unspecified atom stereocenters. The smallest absolute Gasteiger partial charge is 0.212 e. The van der Waals surface area contributed by atoms with Crippen molar-refractivity contribution in [3.63, 3.8) is 0 Å². The summed E-state index contributed by atoms with van der Waals surface area (Å²) in [6.45, 7) is 0.409. The highest BCUT2D eigenvalue weighted by atomic mass is 35.5. The van der Waals surface area contributed by atoms with Crippen LogP contribution in [0.2, 0.25) is 5.15 Å². The maximum absolute atomic E-state index is 8.87. The Morgan fingerprint density at radius 3 is 2.91 bits per heavy atom. The predicted octanol–water partition coefficient (Wildman–Crippen LogP) is 1.59. The molecule has 60 valence electrons. The van der Waals surface area contributed by atoms with Crippen LogP contribution in [0.15, 0.2) is 12.1 Å². The van der Waals surface area contributed by atoms with Crippen molar-refractivity contribution < 1.29 is 9.84 Å². The second-order valence-corrected chi connectivity index (χ2v) is 2.41. The molecule has 0 spiro atoms. The Morgan fingerprint density at radius 2 is 2.36 bits per heavy atom. The highest BCUT2D eigenvalue weighted by molar-refractivity contribution is 6.30. The number of rotatable bonds is 2. The van der Waals surface area contributed by atoms with Crippen LogP contribution < -0.4 is 0 Å². The second kappa shape index (κ2) is 3.55. The van der Waals surface area contributed by atoms with Gasteiger partial charge in [0.2, 0.25) is 5.88 Å². The van der Waals surface area contributed by atoms with Gasteiger partial charge in [0.15, 0.2) is 0 Å². The molecule has 1 N–H and O–H groups in total. The van der Waals surface area contributed by atoms with E-state index in [0.29, 0.717) is 6.61 Å². The van der Waals surface area contributed by atoms with Crippen molar-refractivity contribution in [2.75, 3.05) is 7.11 Å². The number of methoxy groups -OCH3 is 1. The zero-order valence-electron chi connectivity index (χ0n) is 6.04. The van der Waals surface area contributed by atoms with Crippen molar-refractivity contribution >= 4 is 11.6 Å². The molecule has 1 aromatic rings. The van der Waals surface area contributed by atoms with Gasteiger partial charge in [-0.05, 0) is 6.07 Å². The Kier molecular flexibility index (Phi) is 2.68. The molecule has 0 aliphatic carbocycles. The summed E-state index contributed by atoms with van der Waals surface area (Å²) in [7, 11) is 1.57. The third kappa shape index (κ3) is 2.06. The quantitative estimate of drug-likeness (QED) is 0.691. The molecule has 4 heteroatoms. The molecule has 1 rings (SSSR count). The fourth-order valence-corrected chi connectivity index (χ4v) is 0.921. The molecule has 0 aliphatic rings. The van der Waals surface area contributed by atoms with Crippen molar-refractivity contribution in [3.05, 3.63) is 22.8 Å². The lowest BCUT2D eigenvalue weighted by atomic mass is 10.3. The van der Waals surface area contributed by atoms with E-state index in [9.17, 15) is 0 Å². The minimum atomic E-state index is -0.0742. The fraction of sp³-hybridized carbons (Fsp3) is 0.286. The Bertz CT molecular complexity index is 252. The van der Waals surface area contributed by atoms with Gasteiger partial charge in [0.25, 0.3) is 0 Å². The average Bonchev–Trinajstić information content (AvgIpc) is 1.95. The Balaban J connectivity index is 2.90. The Morgan fingerprint density at radius 1 is 1.64 bits per heavy atom. The molecule has 0 saturated heterocycles. The van der Waals surface area contributed by atoms with Crippen LogP contribution in [0.4, 0.5) is 0 Å². The molecule has 0 aliphatic heterocycles. The van der Waals surface area contributed by atoms with Gasteiger partial charge < -0.3 is 9.84 Å².